The van der Waals surface area contributed by atoms with Crippen LogP contribution in [0, 0.1) is 5.41 Å². The SMILES string of the molecule is CC1(C)CCCN(C(=O)Cc2ccc(Cl)c(Cl)c2)C1CN1CC=CC1.Cl. The summed E-state index contributed by atoms with van der Waals surface area (Å²) in [6.45, 7) is 8.34. The summed E-state index contributed by atoms with van der Waals surface area (Å²) < 4.78 is 0. The van der Waals surface area contributed by atoms with Gasteiger partial charge in [-0.3, -0.25) is 9.69 Å². The zero-order valence-corrected chi connectivity index (χ0v) is 17.7. The summed E-state index contributed by atoms with van der Waals surface area (Å²) in [4.78, 5) is 17.6. The Balaban J connectivity index is 0.00000243. The largest absolute Gasteiger partial charge is 0.338 e. The van der Waals surface area contributed by atoms with Crippen molar-refractivity contribution in [2.75, 3.05) is 26.2 Å². The fraction of sp³-hybridized carbons (Fsp3) is 0.550. The van der Waals surface area contributed by atoms with E-state index >= 15 is 0 Å². The van der Waals surface area contributed by atoms with Crippen molar-refractivity contribution in [1.29, 1.82) is 0 Å². The van der Waals surface area contributed by atoms with Crippen LogP contribution in [0.2, 0.25) is 10.0 Å². The van der Waals surface area contributed by atoms with Crippen molar-refractivity contribution in [3.05, 3.63) is 46.0 Å². The first-order valence-corrected chi connectivity index (χ1v) is 9.73. The topological polar surface area (TPSA) is 23.6 Å². The smallest absolute Gasteiger partial charge is 0.227 e. The van der Waals surface area contributed by atoms with Gasteiger partial charge in [0.1, 0.15) is 0 Å². The van der Waals surface area contributed by atoms with E-state index in [9.17, 15) is 4.79 Å². The number of hydrogen-bond acceptors (Lipinski definition) is 2. The molecule has 6 heteroatoms. The lowest BCUT2D eigenvalue weighted by molar-refractivity contribution is -0.138. The highest BCUT2D eigenvalue weighted by atomic mass is 35.5. The number of amides is 1. The van der Waals surface area contributed by atoms with Gasteiger partial charge in [-0.15, -0.1) is 12.4 Å². The molecule has 2 aliphatic heterocycles. The second-order valence-corrected chi connectivity index (χ2v) is 8.62. The Labute approximate surface area is 172 Å². The van der Waals surface area contributed by atoms with E-state index in [1.807, 2.05) is 6.07 Å². The molecule has 26 heavy (non-hydrogen) atoms. The van der Waals surface area contributed by atoms with Crippen LogP contribution in [0.3, 0.4) is 0 Å². The van der Waals surface area contributed by atoms with Gasteiger partial charge < -0.3 is 4.90 Å². The molecule has 1 aromatic rings. The third-order valence-electron chi connectivity index (χ3n) is 5.48. The van der Waals surface area contributed by atoms with Gasteiger partial charge >= 0.3 is 0 Å². The maximum atomic E-state index is 13.1. The van der Waals surface area contributed by atoms with Crippen LogP contribution < -0.4 is 0 Å². The van der Waals surface area contributed by atoms with E-state index < -0.39 is 0 Å². The first kappa shape index (κ1) is 21.6. The molecule has 0 N–H and O–H groups in total. The number of carbonyl (C=O) groups excluding carboxylic acids is 1. The van der Waals surface area contributed by atoms with Gasteiger partial charge in [0, 0.05) is 32.2 Å². The van der Waals surface area contributed by atoms with Gasteiger partial charge in [-0.25, -0.2) is 0 Å². The number of nitrogens with zero attached hydrogens (tertiary/aromatic N) is 2. The van der Waals surface area contributed by atoms with E-state index in [-0.39, 0.29) is 29.8 Å². The standard InChI is InChI=1S/C20H26Cl2N2O.ClH/c1-20(2)8-5-11-24(18(20)14-23-9-3-4-10-23)19(25)13-15-6-7-16(21)17(22)12-15;/h3-4,6-7,12,18H,5,8-11,13-14H2,1-2H3;1H. The Kier molecular flexibility index (Phi) is 7.43. The normalized spacial score (nSPS) is 22.3. The lowest BCUT2D eigenvalue weighted by Crippen LogP contribution is -2.57. The van der Waals surface area contributed by atoms with Crippen molar-refractivity contribution in [3.8, 4) is 0 Å². The molecule has 144 valence electrons. The van der Waals surface area contributed by atoms with Crippen molar-refractivity contribution in [2.24, 2.45) is 5.41 Å². The van der Waals surface area contributed by atoms with Crippen molar-refractivity contribution in [3.63, 3.8) is 0 Å². The number of hydrogen-bond donors (Lipinski definition) is 0. The molecule has 3 rings (SSSR count). The van der Waals surface area contributed by atoms with E-state index in [1.165, 1.54) is 0 Å². The zero-order chi connectivity index (χ0) is 18.0. The third kappa shape index (κ3) is 4.95. The van der Waals surface area contributed by atoms with Crippen LogP contribution in [0.4, 0.5) is 0 Å². The Morgan fingerprint density at radius 1 is 1.19 bits per heavy atom. The molecule has 0 bridgehead atoms. The fourth-order valence-corrected chi connectivity index (χ4v) is 4.26. The average Bonchev–Trinajstić information content (AvgIpc) is 3.06. The third-order valence-corrected chi connectivity index (χ3v) is 6.22. The Hall–Kier alpha value is -0.740. The molecular weight excluding hydrogens is 391 g/mol. The summed E-state index contributed by atoms with van der Waals surface area (Å²) >= 11 is 12.1. The lowest BCUT2D eigenvalue weighted by Gasteiger charge is -2.48. The quantitative estimate of drug-likeness (QED) is 0.654. The predicted octanol–water partition coefficient (Wildman–Crippen LogP) is 4.85. The molecule has 2 heterocycles. The Bertz CT molecular complexity index is 667. The van der Waals surface area contributed by atoms with Gasteiger partial charge in [-0.05, 0) is 36.0 Å². The first-order valence-electron chi connectivity index (χ1n) is 8.97. The van der Waals surface area contributed by atoms with Crippen LogP contribution in [0.1, 0.15) is 32.3 Å². The lowest BCUT2D eigenvalue weighted by atomic mass is 9.76. The molecule has 3 nitrogen and oxygen atoms in total. The number of rotatable bonds is 4. The molecule has 2 aliphatic rings. The first-order chi connectivity index (χ1) is 11.9. The summed E-state index contributed by atoms with van der Waals surface area (Å²) in [5.41, 5.74) is 1.05. The van der Waals surface area contributed by atoms with Gasteiger partial charge in [0.25, 0.3) is 0 Å². The average molecular weight is 418 g/mol. The van der Waals surface area contributed by atoms with Crippen molar-refractivity contribution in [1.82, 2.24) is 9.80 Å². The molecule has 1 aromatic carbocycles. The Morgan fingerprint density at radius 2 is 1.88 bits per heavy atom. The molecule has 0 spiro atoms. The molecule has 0 saturated carbocycles. The van der Waals surface area contributed by atoms with E-state index in [0.717, 1.165) is 44.6 Å². The molecule has 0 aliphatic carbocycles. The minimum absolute atomic E-state index is 0. The van der Waals surface area contributed by atoms with E-state index in [2.05, 4.69) is 35.8 Å². The summed E-state index contributed by atoms with van der Waals surface area (Å²) in [5.74, 6) is 0.184. The van der Waals surface area contributed by atoms with Gasteiger partial charge in [0.15, 0.2) is 0 Å². The Morgan fingerprint density at radius 3 is 2.54 bits per heavy atom. The molecule has 1 atom stereocenters. The number of carbonyl (C=O) groups is 1. The van der Waals surface area contributed by atoms with E-state index in [0.29, 0.717) is 16.5 Å². The van der Waals surface area contributed by atoms with Gasteiger partial charge in [0.05, 0.1) is 16.5 Å². The molecule has 1 saturated heterocycles. The maximum absolute atomic E-state index is 13.1. The number of likely N-dealkylation sites (tertiary alicyclic amines) is 1. The molecular formula is C20H27Cl3N2O. The number of piperidine rings is 1. The molecule has 1 unspecified atom stereocenters. The summed E-state index contributed by atoms with van der Waals surface area (Å²) in [5, 5.41) is 1.03. The summed E-state index contributed by atoms with van der Waals surface area (Å²) in [6.07, 6.45) is 7.02. The van der Waals surface area contributed by atoms with Crippen molar-refractivity contribution >= 4 is 41.5 Å². The van der Waals surface area contributed by atoms with Crippen LogP contribution in [0.15, 0.2) is 30.4 Å². The molecule has 0 radical (unpaired) electrons. The molecule has 1 amide bonds. The second-order valence-electron chi connectivity index (χ2n) is 7.81. The van der Waals surface area contributed by atoms with E-state index in [4.69, 9.17) is 23.2 Å². The van der Waals surface area contributed by atoms with Gasteiger partial charge in [-0.1, -0.05) is 55.3 Å². The number of benzene rings is 1. The van der Waals surface area contributed by atoms with Crippen molar-refractivity contribution in [2.45, 2.75) is 39.2 Å². The minimum atomic E-state index is 0. The van der Waals surface area contributed by atoms with Crippen LogP contribution in [-0.4, -0.2) is 47.9 Å². The highest BCUT2D eigenvalue weighted by Gasteiger charge is 2.40. The maximum Gasteiger partial charge on any atom is 0.227 e. The summed E-state index contributed by atoms with van der Waals surface area (Å²) in [6, 6.07) is 5.70. The number of halogens is 3. The fourth-order valence-electron chi connectivity index (χ4n) is 3.93. The monoisotopic (exact) mass is 416 g/mol. The van der Waals surface area contributed by atoms with Gasteiger partial charge in [-0.2, -0.15) is 0 Å². The van der Waals surface area contributed by atoms with Crippen molar-refractivity contribution < 1.29 is 4.79 Å². The van der Waals surface area contributed by atoms with Crippen LogP contribution in [-0.2, 0) is 11.2 Å². The van der Waals surface area contributed by atoms with Crippen LogP contribution in [0.5, 0.6) is 0 Å². The second kappa shape index (κ2) is 8.97. The molecule has 0 aromatic heterocycles. The zero-order valence-electron chi connectivity index (χ0n) is 15.4. The van der Waals surface area contributed by atoms with Gasteiger partial charge in [0.2, 0.25) is 5.91 Å². The highest BCUT2D eigenvalue weighted by Crippen LogP contribution is 2.36. The van der Waals surface area contributed by atoms with Crippen LogP contribution in [0.25, 0.3) is 0 Å². The van der Waals surface area contributed by atoms with E-state index in [1.54, 1.807) is 12.1 Å². The predicted molar refractivity (Wildman–Crippen MR) is 112 cm³/mol. The summed E-state index contributed by atoms with van der Waals surface area (Å²) in [7, 11) is 0. The van der Waals surface area contributed by atoms with Crippen LogP contribution >= 0.6 is 35.6 Å². The molecule has 1 fully saturated rings. The minimum Gasteiger partial charge on any atom is -0.338 e. The highest BCUT2D eigenvalue weighted by molar-refractivity contribution is 6.42.